The molecule has 1 fully saturated rings. The van der Waals surface area contributed by atoms with Crippen molar-refractivity contribution in [3.05, 3.63) is 30.1 Å². The Morgan fingerprint density at radius 3 is 2.90 bits per heavy atom. The lowest BCUT2D eigenvalue weighted by Gasteiger charge is -2.34. The van der Waals surface area contributed by atoms with E-state index in [1.165, 1.54) is 4.31 Å². The van der Waals surface area contributed by atoms with Crippen LogP contribution in [0.2, 0.25) is 0 Å². The van der Waals surface area contributed by atoms with Crippen LogP contribution in [0.25, 0.3) is 0 Å². The lowest BCUT2D eigenvalue weighted by atomic mass is 10.0. The Morgan fingerprint density at radius 2 is 2.29 bits per heavy atom. The number of pyridine rings is 1. The summed E-state index contributed by atoms with van der Waals surface area (Å²) in [5.41, 5.74) is 6.46. The first-order valence-corrected chi connectivity index (χ1v) is 8.82. The van der Waals surface area contributed by atoms with Gasteiger partial charge in [-0.3, -0.25) is 4.98 Å². The van der Waals surface area contributed by atoms with Gasteiger partial charge in [0, 0.05) is 25.8 Å². The lowest BCUT2D eigenvalue weighted by Crippen LogP contribution is -2.48. The Balaban J connectivity index is 2.12. The van der Waals surface area contributed by atoms with E-state index in [-0.39, 0.29) is 5.92 Å². The van der Waals surface area contributed by atoms with Gasteiger partial charge in [-0.2, -0.15) is 17.0 Å². The van der Waals surface area contributed by atoms with Crippen molar-refractivity contribution in [2.45, 2.75) is 26.3 Å². The van der Waals surface area contributed by atoms with Crippen LogP contribution in [-0.2, 0) is 16.8 Å². The monoisotopic (exact) mass is 312 g/mol. The fourth-order valence-electron chi connectivity index (χ4n) is 2.62. The van der Waals surface area contributed by atoms with E-state index in [2.05, 4.69) is 4.98 Å². The molecule has 1 atom stereocenters. The SMILES string of the molecule is CCN(Cc1ccccn1)S(=O)(=O)N1CCCC(CN)C1. The van der Waals surface area contributed by atoms with Crippen LogP contribution in [0.4, 0.5) is 0 Å². The molecule has 0 saturated carbocycles. The van der Waals surface area contributed by atoms with E-state index in [1.54, 1.807) is 10.5 Å². The third kappa shape index (κ3) is 4.00. The van der Waals surface area contributed by atoms with Crippen molar-refractivity contribution in [1.29, 1.82) is 0 Å². The molecule has 7 heteroatoms. The highest BCUT2D eigenvalue weighted by atomic mass is 32.2. The molecule has 0 aliphatic carbocycles. The van der Waals surface area contributed by atoms with Gasteiger partial charge < -0.3 is 5.73 Å². The van der Waals surface area contributed by atoms with E-state index < -0.39 is 10.2 Å². The minimum Gasteiger partial charge on any atom is -0.330 e. The zero-order valence-corrected chi connectivity index (χ0v) is 13.3. The second-order valence-corrected chi connectivity index (χ2v) is 7.29. The van der Waals surface area contributed by atoms with Crippen LogP contribution in [0, 0.1) is 5.92 Å². The van der Waals surface area contributed by atoms with Gasteiger partial charge in [-0.05, 0) is 37.4 Å². The maximum absolute atomic E-state index is 12.8. The number of hydrogen-bond donors (Lipinski definition) is 1. The molecule has 1 aromatic rings. The van der Waals surface area contributed by atoms with Crippen LogP contribution < -0.4 is 5.73 Å². The summed E-state index contributed by atoms with van der Waals surface area (Å²) in [7, 11) is -3.44. The van der Waals surface area contributed by atoms with Gasteiger partial charge in [-0.15, -0.1) is 0 Å². The first-order valence-electron chi connectivity index (χ1n) is 7.43. The number of nitrogens with two attached hydrogens (primary N) is 1. The summed E-state index contributed by atoms with van der Waals surface area (Å²) in [6, 6.07) is 5.54. The molecule has 0 radical (unpaired) electrons. The van der Waals surface area contributed by atoms with Gasteiger partial charge in [0.25, 0.3) is 10.2 Å². The molecular weight excluding hydrogens is 288 g/mol. The Kier molecular flexibility index (Phi) is 5.69. The summed E-state index contributed by atoms with van der Waals surface area (Å²) >= 11 is 0. The first-order chi connectivity index (χ1) is 10.1. The van der Waals surface area contributed by atoms with Crippen molar-refractivity contribution in [1.82, 2.24) is 13.6 Å². The molecule has 0 bridgehead atoms. The minimum absolute atomic E-state index is 0.266. The molecule has 1 saturated heterocycles. The molecule has 1 aromatic heterocycles. The molecule has 1 aliphatic heterocycles. The van der Waals surface area contributed by atoms with Crippen LogP contribution >= 0.6 is 0 Å². The van der Waals surface area contributed by atoms with E-state index in [9.17, 15) is 8.42 Å². The summed E-state index contributed by atoms with van der Waals surface area (Å²) in [5, 5.41) is 0. The molecule has 6 nitrogen and oxygen atoms in total. The number of aromatic nitrogens is 1. The second-order valence-electron chi connectivity index (χ2n) is 5.36. The number of rotatable bonds is 6. The lowest BCUT2D eigenvalue weighted by molar-refractivity contribution is 0.250. The maximum Gasteiger partial charge on any atom is 0.282 e. The van der Waals surface area contributed by atoms with Crippen LogP contribution in [0.3, 0.4) is 0 Å². The van der Waals surface area contributed by atoms with Gasteiger partial charge >= 0.3 is 0 Å². The van der Waals surface area contributed by atoms with E-state index in [4.69, 9.17) is 5.73 Å². The van der Waals surface area contributed by atoms with Crippen LogP contribution in [0.5, 0.6) is 0 Å². The van der Waals surface area contributed by atoms with Gasteiger partial charge in [0.1, 0.15) is 0 Å². The third-order valence-corrected chi connectivity index (χ3v) is 5.91. The average Bonchev–Trinajstić information content (AvgIpc) is 2.53. The smallest absolute Gasteiger partial charge is 0.282 e. The van der Waals surface area contributed by atoms with Crippen LogP contribution in [-0.4, -0.2) is 48.2 Å². The molecule has 2 N–H and O–H groups in total. The Morgan fingerprint density at radius 1 is 1.48 bits per heavy atom. The topological polar surface area (TPSA) is 79.5 Å². The van der Waals surface area contributed by atoms with Crippen molar-refractivity contribution in [3.8, 4) is 0 Å². The van der Waals surface area contributed by atoms with Crippen molar-refractivity contribution in [2.75, 3.05) is 26.2 Å². The normalized spacial score (nSPS) is 20.8. The third-order valence-electron chi connectivity index (χ3n) is 3.88. The van der Waals surface area contributed by atoms with Crippen molar-refractivity contribution >= 4 is 10.2 Å². The molecular formula is C14H24N4O2S. The highest BCUT2D eigenvalue weighted by molar-refractivity contribution is 7.86. The van der Waals surface area contributed by atoms with Crippen molar-refractivity contribution < 1.29 is 8.42 Å². The van der Waals surface area contributed by atoms with Gasteiger partial charge in [0.2, 0.25) is 0 Å². The molecule has 0 aromatic carbocycles. The quantitative estimate of drug-likeness (QED) is 0.843. The Hall–Kier alpha value is -1.02. The molecule has 2 rings (SSSR count). The highest BCUT2D eigenvalue weighted by Gasteiger charge is 2.32. The van der Waals surface area contributed by atoms with E-state index >= 15 is 0 Å². The summed E-state index contributed by atoms with van der Waals surface area (Å²) in [4.78, 5) is 4.21. The van der Waals surface area contributed by atoms with Crippen molar-refractivity contribution in [2.24, 2.45) is 11.7 Å². The number of nitrogens with zero attached hydrogens (tertiary/aromatic N) is 3. The fraction of sp³-hybridized carbons (Fsp3) is 0.643. The average molecular weight is 312 g/mol. The zero-order chi connectivity index (χ0) is 15.3. The molecule has 0 spiro atoms. The van der Waals surface area contributed by atoms with Gasteiger partial charge in [-0.1, -0.05) is 13.0 Å². The van der Waals surface area contributed by atoms with E-state index in [0.717, 1.165) is 18.5 Å². The van der Waals surface area contributed by atoms with Crippen molar-refractivity contribution in [3.63, 3.8) is 0 Å². The minimum atomic E-state index is -3.44. The van der Waals surface area contributed by atoms with Gasteiger partial charge in [0.05, 0.1) is 12.2 Å². The number of hydrogen-bond acceptors (Lipinski definition) is 4. The van der Waals surface area contributed by atoms with E-state index in [0.29, 0.717) is 32.7 Å². The molecule has 2 heterocycles. The Labute approximate surface area is 127 Å². The predicted molar refractivity (Wildman–Crippen MR) is 82.6 cm³/mol. The summed E-state index contributed by atoms with van der Waals surface area (Å²) < 4.78 is 28.6. The van der Waals surface area contributed by atoms with Crippen LogP contribution in [0.15, 0.2) is 24.4 Å². The molecule has 1 unspecified atom stereocenters. The maximum atomic E-state index is 12.8. The largest absolute Gasteiger partial charge is 0.330 e. The standard InChI is InChI=1S/C14H24N4O2S/c1-2-17(12-14-7-3-4-8-16-14)21(19,20)18-9-5-6-13(10-15)11-18/h3-4,7-8,13H,2,5-6,9-12,15H2,1H3. The summed E-state index contributed by atoms with van der Waals surface area (Å²) in [5.74, 6) is 0.266. The zero-order valence-electron chi connectivity index (χ0n) is 12.5. The predicted octanol–water partition coefficient (Wildman–Crippen LogP) is 0.819. The first kappa shape index (κ1) is 16.4. The summed E-state index contributed by atoms with van der Waals surface area (Å²) in [6.07, 6.45) is 3.57. The van der Waals surface area contributed by atoms with Gasteiger partial charge in [-0.25, -0.2) is 0 Å². The van der Waals surface area contributed by atoms with Crippen LogP contribution in [0.1, 0.15) is 25.5 Å². The molecule has 1 aliphatic rings. The Bertz CT molecular complexity index is 535. The van der Waals surface area contributed by atoms with E-state index in [1.807, 2.05) is 25.1 Å². The highest BCUT2D eigenvalue weighted by Crippen LogP contribution is 2.21. The second kappa shape index (κ2) is 7.31. The molecule has 0 amide bonds. The molecule has 21 heavy (non-hydrogen) atoms. The van der Waals surface area contributed by atoms with Gasteiger partial charge in [0.15, 0.2) is 0 Å². The fourth-order valence-corrected chi connectivity index (χ4v) is 4.33. The number of piperidine rings is 1. The molecule has 118 valence electrons. The summed E-state index contributed by atoms with van der Waals surface area (Å²) in [6.45, 7) is 4.24.